The molecule has 0 aromatic heterocycles. The Morgan fingerprint density at radius 2 is 1.64 bits per heavy atom. The van der Waals surface area contributed by atoms with Crippen LogP contribution in [0.3, 0.4) is 0 Å². The third kappa shape index (κ3) is 3.83. The van der Waals surface area contributed by atoms with Gasteiger partial charge in [0.25, 0.3) is 11.7 Å². The summed E-state index contributed by atoms with van der Waals surface area (Å²) >= 11 is 6.34. The maximum Gasteiger partial charge on any atom is 0.300 e. The predicted molar refractivity (Wildman–Crippen MR) is 127 cm³/mol. The van der Waals surface area contributed by atoms with Crippen LogP contribution >= 0.6 is 11.6 Å². The third-order valence-corrected chi connectivity index (χ3v) is 5.84. The van der Waals surface area contributed by atoms with Crippen molar-refractivity contribution in [2.24, 2.45) is 0 Å². The number of aliphatic hydroxyl groups is 1. The Hall–Kier alpha value is -3.77. The van der Waals surface area contributed by atoms with E-state index in [1.807, 2.05) is 13.0 Å². The summed E-state index contributed by atoms with van der Waals surface area (Å²) in [4.78, 5) is 28.0. The molecule has 1 atom stereocenters. The fourth-order valence-corrected chi connectivity index (χ4v) is 4.48. The van der Waals surface area contributed by atoms with Crippen LogP contribution in [0.15, 0.2) is 72.3 Å². The molecule has 1 amide bonds. The number of rotatable bonds is 5. The molecule has 0 bridgehead atoms. The first kappa shape index (κ1) is 22.4. The normalized spacial score (nSPS) is 17.3. The average molecular weight is 464 g/mol. The number of carbonyl (C=O) groups is 2. The summed E-state index contributed by atoms with van der Waals surface area (Å²) < 4.78 is 10.9. The van der Waals surface area contributed by atoms with E-state index in [1.54, 1.807) is 60.7 Å². The molecule has 1 unspecified atom stereocenters. The molecule has 0 saturated carbocycles. The van der Waals surface area contributed by atoms with Crippen molar-refractivity contribution in [2.75, 3.05) is 19.1 Å². The van der Waals surface area contributed by atoms with Gasteiger partial charge in [0.2, 0.25) is 0 Å². The smallest absolute Gasteiger partial charge is 0.300 e. The molecule has 0 aliphatic carbocycles. The highest BCUT2D eigenvalue weighted by molar-refractivity contribution is 6.51. The number of nitrogens with zero attached hydrogens (tertiary/aromatic N) is 1. The monoisotopic (exact) mass is 463 g/mol. The minimum absolute atomic E-state index is 0.0756. The van der Waals surface area contributed by atoms with Gasteiger partial charge in [-0.1, -0.05) is 48.0 Å². The lowest BCUT2D eigenvalue weighted by atomic mass is 9.93. The van der Waals surface area contributed by atoms with Gasteiger partial charge < -0.3 is 14.6 Å². The third-order valence-electron chi connectivity index (χ3n) is 5.56. The van der Waals surface area contributed by atoms with Gasteiger partial charge in [-0.3, -0.25) is 14.5 Å². The highest BCUT2D eigenvalue weighted by Crippen LogP contribution is 2.46. The number of aryl methyl sites for hydroxylation is 1. The maximum absolute atomic E-state index is 13.3. The van der Waals surface area contributed by atoms with E-state index >= 15 is 0 Å². The minimum Gasteiger partial charge on any atom is -0.507 e. The van der Waals surface area contributed by atoms with E-state index in [9.17, 15) is 14.7 Å². The lowest BCUT2D eigenvalue weighted by Crippen LogP contribution is -2.29. The van der Waals surface area contributed by atoms with Crippen LogP contribution in [-0.4, -0.2) is 31.0 Å². The summed E-state index contributed by atoms with van der Waals surface area (Å²) in [6.07, 6.45) is 0. The number of para-hydroxylation sites is 2. The first-order valence-corrected chi connectivity index (χ1v) is 10.6. The van der Waals surface area contributed by atoms with Crippen LogP contribution in [0.2, 0.25) is 5.02 Å². The Morgan fingerprint density at radius 1 is 0.970 bits per heavy atom. The van der Waals surface area contributed by atoms with Crippen LogP contribution in [0, 0.1) is 6.92 Å². The Morgan fingerprint density at radius 3 is 2.30 bits per heavy atom. The van der Waals surface area contributed by atoms with Crippen molar-refractivity contribution in [3.8, 4) is 11.5 Å². The second kappa shape index (κ2) is 9.00. The van der Waals surface area contributed by atoms with Gasteiger partial charge in [0.05, 0.1) is 36.4 Å². The van der Waals surface area contributed by atoms with Gasteiger partial charge >= 0.3 is 0 Å². The number of aliphatic hydroxyl groups excluding tert-OH is 1. The number of halogens is 1. The molecule has 168 valence electrons. The number of hydrogen-bond donors (Lipinski definition) is 1. The van der Waals surface area contributed by atoms with Crippen LogP contribution in [0.5, 0.6) is 11.5 Å². The van der Waals surface area contributed by atoms with Crippen LogP contribution in [0.1, 0.15) is 22.7 Å². The lowest BCUT2D eigenvalue weighted by Gasteiger charge is -2.26. The summed E-state index contributed by atoms with van der Waals surface area (Å²) in [7, 11) is 2.94. The standard InChI is InChI=1S/C26H22ClNO5/c1-15-13-18(25(33-3)19(27)14-15)23(29)21-22(17-11-7-8-12-20(17)32-2)28(26(31)24(21)30)16-9-5-4-6-10-16/h4-14,22,29H,1-3H3/b23-21+. The zero-order valence-corrected chi connectivity index (χ0v) is 19.1. The maximum atomic E-state index is 13.3. The molecule has 0 spiro atoms. The second-order valence-corrected chi connectivity index (χ2v) is 7.98. The Bertz CT molecular complexity index is 1270. The van der Waals surface area contributed by atoms with Gasteiger partial charge in [0.1, 0.15) is 17.3 Å². The van der Waals surface area contributed by atoms with Crippen molar-refractivity contribution in [3.05, 3.63) is 94.0 Å². The summed E-state index contributed by atoms with van der Waals surface area (Å²) in [6.45, 7) is 1.81. The molecule has 1 N–H and O–H groups in total. The predicted octanol–water partition coefficient (Wildman–Crippen LogP) is 5.29. The number of methoxy groups -OCH3 is 2. The molecule has 0 radical (unpaired) electrons. The van der Waals surface area contributed by atoms with Gasteiger partial charge in [-0.15, -0.1) is 0 Å². The van der Waals surface area contributed by atoms with Gasteiger partial charge in [0, 0.05) is 11.3 Å². The number of Topliss-reactive ketones (excluding diaryl/α,β-unsaturated/α-hetero) is 1. The van der Waals surface area contributed by atoms with E-state index in [4.69, 9.17) is 21.1 Å². The van der Waals surface area contributed by atoms with Crippen LogP contribution in [0.25, 0.3) is 5.76 Å². The number of hydrogen-bond acceptors (Lipinski definition) is 5. The Labute approximate surface area is 196 Å². The molecule has 1 saturated heterocycles. The summed E-state index contributed by atoms with van der Waals surface area (Å²) in [6, 6.07) is 18.3. The number of ketones is 1. The topological polar surface area (TPSA) is 76.1 Å². The summed E-state index contributed by atoms with van der Waals surface area (Å²) in [5.41, 5.74) is 1.99. The largest absolute Gasteiger partial charge is 0.507 e. The molecule has 4 rings (SSSR count). The van der Waals surface area contributed by atoms with Crippen molar-refractivity contribution in [2.45, 2.75) is 13.0 Å². The highest BCUT2D eigenvalue weighted by Gasteiger charge is 2.48. The van der Waals surface area contributed by atoms with E-state index < -0.39 is 17.7 Å². The number of ether oxygens (including phenoxy) is 2. The molecule has 1 aliphatic heterocycles. The van der Waals surface area contributed by atoms with Gasteiger partial charge in [0.15, 0.2) is 0 Å². The van der Waals surface area contributed by atoms with Crippen LogP contribution in [0.4, 0.5) is 5.69 Å². The van der Waals surface area contributed by atoms with Crippen molar-refractivity contribution in [3.63, 3.8) is 0 Å². The zero-order valence-electron chi connectivity index (χ0n) is 18.3. The fraction of sp³-hybridized carbons (Fsp3) is 0.154. The Kier molecular flexibility index (Phi) is 6.11. The second-order valence-electron chi connectivity index (χ2n) is 7.57. The van der Waals surface area contributed by atoms with Crippen molar-refractivity contribution in [1.29, 1.82) is 0 Å². The van der Waals surface area contributed by atoms with Crippen LogP contribution in [-0.2, 0) is 9.59 Å². The molecule has 3 aromatic carbocycles. The van der Waals surface area contributed by atoms with Gasteiger partial charge in [-0.05, 0) is 42.8 Å². The molecular formula is C26H22ClNO5. The molecule has 3 aromatic rings. The summed E-state index contributed by atoms with van der Waals surface area (Å²) in [5, 5.41) is 11.7. The minimum atomic E-state index is -0.924. The first-order valence-electron chi connectivity index (χ1n) is 10.2. The van der Waals surface area contributed by atoms with Crippen LogP contribution < -0.4 is 14.4 Å². The molecule has 33 heavy (non-hydrogen) atoms. The number of amides is 1. The van der Waals surface area contributed by atoms with E-state index in [0.717, 1.165) is 5.56 Å². The molecule has 6 nitrogen and oxygen atoms in total. The van der Waals surface area contributed by atoms with E-state index in [1.165, 1.54) is 19.1 Å². The van der Waals surface area contributed by atoms with Crippen molar-refractivity contribution >= 4 is 34.7 Å². The van der Waals surface area contributed by atoms with E-state index in [2.05, 4.69) is 0 Å². The SMILES string of the molecule is COc1ccccc1C1/C(=C(\O)c2cc(C)cc(Cl)c2OC)C(=O)C(=O)N1c1ccccc1. The molecular weight excluding hydrogens is 442 g/mol. The molecule has 1 fully saturated rings. The molecule has 1 heterocycles. The number of carbonyl (C=O) groups excluding carboxylic acids is 2. The zero-order chi connectivity index (χ0) is 23.7. The molecule has 1 aliphatic rings. The average Bonchev–Trinajstić information content (AvgIpc) is 3.09. The highest BCUT2D eigenvalue weighted by atomic mass is 35.5. The Balaban J connectivity index is 2.04. The molecule has 7 heteroatoms. The van der Waals surface area contributed by atoms with Gasteiger partial charge in [-0.2, -0.15) is 0 Å². The van der Waals surface area contributed by atoms with E-state index in [-0.39, 0.29) is 27.7 Å². The quantitative estimate of drug-likeness (QED) is 0.316. The lowest BCUT2D eigenvalue weighted by molar-refractivity contribution is -0.132. The first-order chi connectivity index (χ1) is 15.9. The number of benzene rings is 3. The summed E-state index contributed by atoms with van der Waals surface area (Å²) in [5.74, 6) is -1.25. The van der Waals surface area contributed by atoms with Gasteiger partial charge in [-0.25, -0.2) is 0 Å². The fourth-order valence-electron chi connectivity index (χ4n) is 4.13. The van der Waals surface area contributed by atoms with E-state index in [0.29, 0.717) is 17.0 Å². The van der Waals surface area contributed by atoms with Crippen molar-refractivity contribution < 1.29 is 24.2 Å². The number of anilines is 1. The van der Waals surface area contributed by atoms with Crippen molar-refractivity contribution in [1.82, 2.24) is 0 Å².